The van der Waals surface area contributed by atoms with Crippen molar-refractivity contribution in [2.45, 2.75) is 408 Å². The summed E-state index contributed by atoms with van der Waals surface area (Å²) in [5.41, 5.74) is 0. The van der Waals surface area contributed by atoms with Crippen molar-refractivity contribution in [2.24, 2.45) is 23.7 Å². The number of hydrogen-bond donors (Lipinski definition) is 3. The molecule has 0 aliphatic heterocycles. The Labute approximate surface area is 588 Å². The van der Waals surface area contributed by atoms with E-state index in [1.807, 2.05) is 0 Å². The second-order valence-corrected chi connectivity index (χ2v) is 32.1. The lowest BCUT2D eigenvalue weighted by Gasteiger charge is -2.21. The van der Waals surface area contributed by atoms with Gasteiger partial charge in [0.05, 0.1) is 26.4 Å². The standard InChI is InChI=1S/C77H150O17P2/c1-9-69(7)55-47-39-31-27-28-32-41-49-57-74(79)87-63-72(93-76(81)59-51-43-33-25-21-17-13-11-15-19-23-29-37-45-53-67(3)4)65-91-95(83,84)89-61-71(78)62-90-96(85,86)92-66-73(64-88-75(80)58-50-42-36-35-40-48-56-70(8)10-2)94-77(82)60-52-44-34-26-22-18-14-12-16-20-24-30-38-46-54-68(5)6/h67-73,78H,9-66H2,1-8H3,(H,83,84)(H,85,86)/t69?,70?,71-,72-,73-/m1/s1. The van der Waals surface area contributed by atoms with E-state index in [2.05, 4.69) is 55.4 Å². The Morgan fingerprint density at radius 1 is 0.292 bits per heavy atom. The molecule has 0 aromatic heterocycles. The van der Waals surface area contributed by atoms with Gasteiger partial charge >= 0.3 is 39.5 Å². The predicted molar refractivity (Wildman–Crippen MR) is 391 cm³/mol. The number of aliphatic hydroxyl groups excluding tert-OH is 1. The Hall–Kier alpha value is -1.94. The first-order chi connectivity index (χ1) is 46.2. The highest BCUT2D eigenvalue weighted by Gasteiger charge is 2.30. The molecule has 17 nitrogen and oxygen atoms in total. The van der Waals surface area contributed by atoms with E-state index < -0.39 is 97.5 Å². The molecule has 0 heterocycles. The molecule has 3 N–H and O–H groups in total. The molecule has 0 bridgehead atoms. The highest BCUT2D eigenvalue weighted by atomic mass is 31.2. The summed E-state index contributed by atoms with van der Waals surface area (Å²) in [6.45, 7) is 14.2. The van der Waals surface area contributed by atoms with Gasteiger partial charge in [0.15, 0.2) is 12.2 Å². The Balaban J connectivity index is 5.25. The zero-order chi connectivity index (χ0) is 71.0. The van der Waals surface area contributed by atoms with Gasteiger partial charge < -0.3 is 33.8 Å². The largest absolute Gasteiger partial charge is 0.472 e. The van der Waals surface area contributed by atoms with Gasteiger partial charge in [0.2, 0.25) is 0 Å². The average molecular weight is 1410 g/mol. The molecule has 0 radical (unpaired) electrons. The number of rotatable bonds is 74. The fourth-order valence-corrected chi connectivity index (χ4v) is 13.2. The third-order valence-electron chi connectivity index (χ3n) is 18.5. The number of hydrogen-bond acceptors (Lipinski definition) is 15. The minimum atomic E-state index is -4.96. The van der Waals surface area contributed by atoms with Gasteiger partial charge in [-0.05, 0) is 49.4 Å². The lowest BCUT2D eigenvalue weighted by molar-refractivity contribution is -0.161. The van der Waals surface area contributed by atoms with E-state index in [0.29, 0.717) is 25.7 Å². The molecule has 4 unspecified atom stereocenters. The van der Waals surface area contributed by atoms with E-state index in [1.165, 1.54) is 186 Å². The van der Waals surface area contributed by atoms with Crippen molar-refractivity contribution in [3.05, 3.63) is 0 Å². The fourth-order valence-electron chi connectivity index (χ4n) is 11.7. The van der Waals surface area contributed by atoms with Gasteiger partial charge in [-0.2, -0.15) is 0 Å². The second-order valence-electron chi connectivity index (χ2n) is 29.2. The Bertz CT molecular complexity index is 1890. The predicted octanol–water partition coefficient (Wildman–Crippen LogP) is 22.4. The summed E-state index contributed by atoms with van der Waals surface area (Å²) in [5.74, 6) is 0.978. The summed E-state index contributed by atoms with van der Waals surface area (Å²) in [5, 5.41) is 10.6. The van der Waals surface area contributed by atoms with Gasteiger partial charge in [0.1, 0.15) is 19.3 Å². The van der Waals surface area contributed by atoms with Crippen LogP contribution in [0.3, 0.4) is 0 Å². The number of phosphoric ester groups is 2. The SMILES string of the molecule is CCC(C)CCCCCCCCCCC(=O)OC[C@H](COP(=O)(O)OC[C@@H](O)COP(=O)(O)OC[C@@H](COC(=O)CCCCCCCCC(C)CC)OC(=O)CCCCCCCCCCCCCCCCC(C)C)OC(=O)CCCCCCCCCCCCCCCCC(C)C. The van der Waals surface area contributed by atoms with Crippen LogP contribution in [-0.4, -0.2) is 96.7 Å². The lowest BCUT2D eigenvalue weighted by Crippen LogP contribution is -2.30. The van der Waals surface area contributed by atoms with E-state index in [-0.39, 0.29) is 25.7 Å². The van der Waals surface area contributed by atoms with Gasteiger partial charge in [-0.1, -0.05) is 338 Å². The average Bonchev–Trinajstić information content (AvgIpc) is 1.16. The van der Waals surface area contributed by atoms with Crippen molar-refractivity contribution in [1.82, 2.24) is 0 Å². The minimum Gasteiger partial charge on any atom is -0.462 e. The van der Waals surface area contributed by atoms with E-state index in [0.717, 1.165) is 120 Å². The van der Waals surface area contributed by atoms with Crippen LogP contribution < -0.4 is 0 Å². The summed E-state index contributed by atoms with van der Waals surface area (Å²) in [7, 11) is -9.92. The molecule has 0 amide bonds. The summed E-state index contributed by atoms with van der Waals surface area (Å²) in [6.07, 6.45) is 51.3. The van der Waals surface area contributed by atoms with Crippen LogP contribution in [0.25, 0.3) is 0 Å². The normalized spacial score (nSPS) is 14.7. The molecule has 19 heteroatoms. The van der Waals surface area contributed by atoms with Crippen molar-refractivity contribution in [3.63, 3.8) is 0 Å². The second kappa shape index (κ2) is 66.3. The molecule has 570 valence electrons. The topological polar surface area (TPSA) is 237 Å². The van der Waals surface area contributed by atoms with E-state index in [1.54, 1.807) is 0 Å². The third kappa shape index (κ3) is 67.9. The van der Waals surface area contributed by atoms with Gasteiger partial charge in [0.25, 0.3) is 0 Å². The number of carbonyl (C=O) groups excluding carboxylic acids is 4. The fraction of sp³-hybridized carbons (Fsp3) is 0.948. The molecule has 7 atom stereocenters. The molecular weight excluding hydrogens is 1260 g/mol. The van der Waals surface area contributed by atoms with Gasteiger partial charge in [-0.15, -0.1) is 0 Å². The molecule has 96 heavy (non-hydrogen) atoms. The molecule has 0 fully saturated rings. The van der Waals surface area contributed by atoms with Crippen molar-refractivity contribution in [2.75, 3.05) is 39.6 Å². The van der Waals surface area contributed by atoms with Crippen molar-refractivity contribution in [1.29, 1.82) is 0 Å². The third-order valence-corrected chi connectivity index (χ3v) is 20.4. The van der Waals surface area contributed by atoms with Crippen LogP contribution in [0.5, 0.6) is 0 Å². The lowest BCUT2D eigenvalue weighted by atomic mass is 9.99. The van der Waals surface area contributed by atoms with Crippen LogP contribution >= 0.6 is 15.6 Å². The summed E-state index contributed by atoms with van der Waals surface area (Å²) in [6, 6.07) is 0. The van der Waals surface area contributed by atoms with E-state index in [4.69, 9.17) is 37.0 Å². The zero-order valence-corrected chi connectivity index (χ0v) is 64.8. The summed E-state index contributed by atoms with van der Waals surface area (Å²) < 4.78 is 68.6. The number of aliphatic hydroxyl groups is 1. The monoisotopic (exact) mass is 1410 g/mol. The maximum absolute atomic E-state index is 13.1. The number of unbranched alkanes of at least 4 members (excludes halogenated alkanes) is 38. The molecule has 0 aromatic carbocycles. The van der Waals surface area contributed by atoms with Gasteiger partial charge in [-0.25, -0.2) is 9.13 Å². The quantitative estimate of drug-likeness (QED) is 0.0222. The molecule has 0 rings (SSSR count). The molecule has 0 saturated heterocycles. The number of carbonyl (C=O) groups is 4. The van der Waals surface area contributed by atoms with Crippen LogP contribution in [0.15, 0.2) is 0 Å². The highest BCUT2D eigenvalue weighted by Crippen LogP contribution is 2.45. The van der Waals surface area contributed by atoms with Crippen LogP contribution in [0.1, 0.15) is 389 Å². The minimum absolute atomic E-state index is 0.106. The van der Waals surface area contributed by atoms with Gasteiger partial charge in [-0.3, -0.25) is 37.3 Å². The van der Waals surface area contributed by atoms with Crippen LogP contribution in [-0.2, 0) is 65.4 Å². The molecular formula is C77H150O17P2. The van der Waals surface area contributed by atoms with Crippen LogP contribution in [0.2, 0.25) is 0 Å². The van der Waals surface area contributed by atoms with Crippen molar-refractivity contribution >= 4 is 39.5 Å². The maximum atomic E-state index is 13.1. The zero-order valence-electron chi connectivity index (χ0n) is 63.0. The van der Waals surface area contributed by atoms with E-state index in [9.17, 15) is 43.2 Å². The van der Waals surface area contributed by atoms with E-state index >= 15 is 0 Å². The molecule has 0 saturated carbocycles. The maximum Gasteiger partial charge on any atom is 0.472 e. The Kier molecular flexibility index (Phi) is 65.0. The Morgan fingerprint density at radius 3 is 0.740 bits per heavy atom. The van der Waals surface area contributed by atoms with Crippen molar-refractivity contribution in [3.8, 4) is 0 Å². The summed E-state index contributed by atoms with van der Waals surface area (Å²) >= 11 is 0. The van der Waals surface area contributed by atoms with Crippen molar-refractivity contribution < 1.29 is 80.2 Å². The molecule has 0 aliphatic carbocycles. The molecule has 0 aliphatic rings. The first-order valence-electron chi connectivity index (χ1n) is 39.8. The molecule has 0 spiro atoms. The van der Waals surface area contributed by atoms with Crippen LogP contribution in [0, 0.1) is 23.7 Å². The summed E-state index contributed by atoms with van der Waals surface area (Å²) in [4.78, 5) is 72.9. The number of esters is 4. The smallest absolute Gasteiger partial charge is 0.462 e. The first-order valence-corrected chi connectivity index (χ1v) is 42.8. The highest BCUT2D eigenvalue weighted by molar-refractivity contribution is 7.47. The first kappa shape index (κ1) is 94.1. The number of phosphoric acid groups is 2. The Morgan fingerprint density at radius 2 is 0.500 bits per heavy atom. The molecule has 0 aromatic rings. The van der Waals surface area contributed by atoms with Crippen LogP contribution in [0.4, 0.5) is 0 Å². The number of ether oxygens (including phenoxy) is 4. The van der Waals surface area contributed by atoms with Gasteiger partial charge in [0, 0.05) is 25.7 Å².